The zero-order chi connectivity index (χ0) is 10.8. The predicted octanol–water partition coefficient (Wildman–Crippen LogP) is 3.82. The summed E-state index contributed by atoms with van der Waals surface area (Å²) in [6.07, 6.45) is -4.73. The molecule has 1 aromatic carbocycles. The molecule has 0 aliphatic heterocycles. The van der Waals surface area contributed by atoms with Crippen molar-refractivity contribution in [3.05, 3.63) is 28.2 Å². The smallest absolute Gasteiger partial charge is 0.406 e. The average Bonchev–Trinajstić information content (AvgIpc) is 2.01. The molecule has 0 bridgehead atoms. The molecule has 0 saturated carbocycles. The first-order chi connectivity index (χ1) is 6.42. The summed E-state index contributed by atoms with van der Waals surface area (Å²) in [5, 5.41) is 0. The molecule has 78 valence electrons. The van der Waals surface area contributed by atoms with Gasteiger partial charge in [-0.1, -0.05) is 22.0 Å². The SMILES string of the molecule is FCc1ccc(OC(F)(F)F)cc1Br. The third-order valence-electron chi connectivity index (χ3n) is 1.40. The molecule has 0 fully saturated rings. The maximum absolute atomic E-state index is 12.2. The van der Waals surface area contributed by atoms with Crippen molar-refractivity contribution >= 4 is 15.9 Å². The van der Waals surface area contributed by atoms with Crippen LogP contribution in [0.15, 0.2) is 22.7 Å². The van der Waals surface area contributed by atoms with Gasteiger partial charge in [-0.25, -0.2) is 4.39 Å². The van der Waals surface area contributed by atoms with Crippen molar-refractivity contribution in [2.45, 2.75) is 13.0 Å². The van der Waals surface area contributed by atoms with Crippen LogP contribution in [0, 0.1) is 0 Å². The van der Waals surface area contributed by atoms with Gasteiger partial charge in [-0.3, -0.25) is 0 Å². The molecule has 0 saturated heterocycles. The third-order valence-corrected chi connectivity index (χ3v) is 2.14. The van der Waals surface area contributed by atoms with E-state index in [0.717, 1.165) is 12.1 Å². The van der Waals surface area contributed by atoms with Crippen LogP contribution in [-0.4, -0.2) is 6.36 Å². The van der Waals surface area contributed by atoms with Crippen LogP contribution in [0.5, 0.6) is 5.75 Å². The first kappa shape index (κ1) is 11.3. The van der Waals surface area contributed by atoms with Crippen molar-refractivity contribution in [3.8, 4) is 5.75 Å². The maximum Gasteiger partial charge on any atom is 0.573 e. The Kier molecular flexibility index (Phi) is 3.36. The lowest BCUT2D eigenvalue weighted by Gasteiger charge is -2.09. The van der Waals surface area contributed by atoms with Gasteiger partial charge in [0.05, 0.1) is 0 Å². The normalized spacial score (nSPS) is 11.5. The molecule has 0 heterocycles. The molecule has 0 aromatic heterocycles. The van der Waals surface area contributed by atoms with Gasteiger partial charge in [0.15, 0.2) is 0 Å². The van der Waals surface area contributed by atoms with Gasteiger partial charge >= 0.3 is 6.36 Å². The van der Waals surface area contributed by atoms with E-state index in [-0.39, 0.29) is 15.8 Å². The second kappa shape index (κ2) is 4.16. The molecule has 0 aliphatic rings. The Morgan fingerprint density at radius 2 is 1.93 bits per heavy atom. The number of ether oxygens (including phenoxy) is 1. The second-order valence-electron chi connectivity index (χ2n) is 2.43. The quantitative estimate of drug-likeness (QED) is 0.744. The van der Waals surface area contributed by atoms with Crippen molar-refractivity contribution in [2.24, 2.45) is 0 Å². The molecule has 0 atom stereocenters. The summed E-state index contributed by atoms with van der Waals surface area (Å²) in [6, 6.07) is 3.36. The van der Waals surface area contributed by atoms with Crippen LogP contribution in [0.4, 0.5) is 17.6 Å². The van der Waals surface area contributed by atoms with Gasteiger partial charge in [0.1, 0.15) is 12.4 Å². The van der Waals surface area contributed by atoms with E-state index in [1.54, 1.807) is 0 Å². The minimum Gasteiger partial charge on any atom is -0.406 e. The number of halogens is 5. The van der Waals surface area contributed by atoms with E-state index >= 15 is 0 Å². The van der Waals surface area contributed by atoms with E-state index in [1.165, 1.54) is 6.07 Å². The van der Waals surface area contributed by atoms with E-state index < -0.39 is 13.0 Å². The molecule has 0 aliphatic carbocycles. The van der Waals surface area contributed by atoms with Crippen LogP contribution in [-0.2, 0) is 6.67 Å². The Hall–Kier alpha value is -0.780. The largest absolute Gasteiger partial charge is 0.573 e. The van der Waals surface area contributed by atoms with Crippen LogP contribution in [0.2, 0.25) is 0 Å². The molecular formula is C8H5BrF4O. The van der Waals surface area contributed by atoms with E-state index in [2.05, 4.69) is 20.7 Å². The lowest BCUT2D eigenvalue weighted by atomic mass is 10.2. The van der Waals surface area contributed by atoms with Gasteiger partial charge in [-0.15, -0.1) is 13.2 Å². The number of benzene rings is 1. The van der Waals surface area contributed by atoms with Crippen LogP contribution in [0.25, 0.3) is 0 Å². The summed E-state index contributed by atoms with van der Waals surface area (Å²) in [6.45, 7) is -0.743. The second-order valence-corrected chi connectivity index (χ2v) is 3.29. The maximum atomic E-state index is 12.2. The summed E-state index contributed by atoms with van der Waals surface area (Å²) >= 11 is 2.93. The van der Waals surface area contributed by atoms with Gasteiger partial charge in [-0.05, 0) is 17.7 Å². The van der Waals surface area contributed by atoms with Crippen LogP contribution < -0.4 is 4.74 Å². The van der Waals surface area contributed by atoms with Gasteiger partial charge < -0.3 is 4.74 Å². The summed E-state index contributed by atoms with van der Waals surface area (Å²) in [5.74, 6) is -0.374. The highest BCUT2D eigenvalue weighted by molar-refractivity contribution is 9.10. The number of hydrogen-bond acceptors (Lipinski definition) is 1. The number of rotatable bonds is 2. The molecule has 0 radical (unpaired) electrons. The molecule has 0 spiro atoms. The molecule has 0 amide bonds. The Morgan fingerprint density at radius 1 is 1.29 bits per heavy atom. The highest BCUT2D eigenvalue weighted by atomic mass is 79.9. The Labute approximate surface area is 85.8 Å². The fraction of sp³-hybridized carbons (Fsp3) is 0.250. The summed E-state index contributed by atoms with van der Waals surface area (Å²) in [5.41, 5.74) is 0.277. The molecule has 0 unspecified atom stereocenters. The zero-order valence-corrected chi connectivity index (χ0v) is 8.32. The predicted molar refractivity (Wildman–Crippen MR) is 45.6 cm³/mol. The van der Waals surface area contributed by atoms with Crippen LogP contribution >= 0.6 is 15.9 Å². The average molecular weight is 273 g/mol. The first-order valence-electron chi connectivity index (χ1n) is 3.52. The molecule has 14 heavy (non-hydrogen) atoms. The van der Waals surface area contributed by atoms with Gasteiger partial charge in [0.2, 0.25) is 0 Å². The fourth-order valence-electron chi connectivity index (χ4n) is 0.834. The molecule has 1 rings (SSSR count). The van der Waals surface area contributed by atoms with E-state index in [0.29, 0.717) is 0 Å². The lowest BCUT2D eigenvalue weighted by molar-refractivity contribution is -0.274. The Morgan fingerprint density at radius 3 is 2.36 bits per heavy atom. The zero-order valence-electron chi connectivity index (χ0n) is 6.74. The topological polar surface area (TPSA) is 9.23 Å². The van der Waals surface area contributed by atoms with Crippen molar-refractivity contribution in [1.82, 2.24) is 0 Å². The monoisotopic (exact) mass is 272 g/mol. The molecule has 1 aromatic rings. The van der Waals surface area contributed by atoms with Crippen molar-refractivity contribution in [1.29, 1.82) is 0 Å². The summed E-state index contributed by atoms with van der Waals surface area (Å²) in [4.78, 5) is 0. The van der Waals surface area contributed by atoms with Crippen molar-refractivity contribution < 1.29 is 22.3 Å². The molecular weight excluding hydrogens is 268 g/mol. The number of alkyl halides is 4. The molecule has 1 nitrogen and oxygen atoms in total. The standard InChI is InChI=1S/C8H5BrF4O/c9-7-3-6(14-8(11,12)13)2-1-5(7)4-10/h1-3H,4H2. The van der Waals surface area contributed by atoms with Crippen molar-refractivity contribution in [3.63, 3.8) is 0 Å². The summed E-state index contributed by atoms with van der Waals surface area (Å²) in [7, 11) is 0. The highest BCUT2D eigenvalue weighted by Crippen LogP contribution is 2.28. The van der Waals surface area contributed by atoms with Gasteiger partial charge in [-0.2, -0.15) is 0 Å². The van der Waals surface area contributed by atoms with E-state index in [9.17, 15) is 17.6 Å². The Bertz CT molecular complexity index is 324. The van der Waals surface area contributed by atoms with Crippen LogP contribution in [0.1, 0.15) is 5.56 Å². The minimum absolute atomic E-state index is 0.252. The highest BCUT2D eigenvalue weighted by Gasteiger charge is 2.31. The third kappa shape index (κ3) is 3.17. The number of hydrogen-bond donors (Lipinski definition) is 0. The molecule has 6 heteroatoms. The lowest BCUT2D eigenvalue weighted by Crippen LogP contribution is -2.17. The fourth-order valence-corrected chi connectivity index (χ4v) is 1.30. The Balaban J connectivity index is 2.87. The summed E-state index contributed by atoms with van der Waals surface area (Å²) < 4.78 is 51.3. The van der Waals surface area contributed by atoms with Gasteiger partial charge in [0.25, 0.3) is 0 Å². The minimum atomic E-state index is -4.73. The van der Waals surface area contributed by atoms with Gasteiger partial charge in [0, 0.05) is 4.47 Å². The molecule has 0 N–H and O–H groups in total. The van der Waals surface area contributed by atoms with Crippen molar-refractivity contribution in [2.75, 3.05) is 0 Å². The van der Waals surface area contributed by atoms with E-state index in [1.807, 2.05) is 0 Å². The van der Waals surface area contributed by atoms with Crippen LogP contribution in [0.3, 0.4) is 0 Å². The van der Waals surface area contributed by atoms with E-state index in [4.69, 9.17) is 0 Å². The first-order valence-corrected chi connectivity index (χ1v) is 4.32.